The van der Waals surface area contributed by atoms with Crippen LogP contribution in [0.5, 0.6) is 0 Å². The van der Waals surface area contributed by atoms with Crippen molar-refractivity contribution in [2.45, 2.75) is 32.4 Å². The molecule has 0 saturated carbocycles. The van der Waals surface area contributed by atoms with E-state index in [1.54, 1.807) is 19.1 Å². The lowest BCUT2D eigenvalue weighted by atomic mass is 10.2. The highest BCUT2D eigenvalue weighted by Gasteiger charge is 2.08. The Morgan fingerprint density at radius 1 is 1.64 bits per heavy atom. The molecular formula is C9H17N3O2. The van der Waals surface area contributed by atoms with E-state index in [1.165, 1.54) is 0 Å². The summed E-state index contributed by atoms with van der Waals surface area (Å²) in [5, 5.41) is 8.49. The molecule has 0 rings (SSSR count). The fourth-order valence-corrected chi connectivity index (χ4v) is 0.887. The molecule has 0 aliphatic carbocycles. The molecule has 0 aromatic rings. The minimum absolute atomic E-state index is 0.0407. The van der Waals surface area contributed by atoms with Crippen molar-refractivity contribution in [2.75, 3.05) is 0 Å². The summed E-state index contributed by atoms with van der Waals surface area (Å²) in [6.07, 6.45) is 3.79. The molecule has 14 heavy (non-hydrogen) atoms. The summed E-state index contributed by atoms with van der Waals surface area (Å²) in [7, 11) is 0. The highest BCUT2D eigenvalue weighted by atomic mass is 16.4. The highest BCUT2D eigenvalue weighted by Crippen LogP contribution is 1.96. The summed E-state index contributed by atoms with van der Waals surface area (Å²) in [5.41, 5.74) is 10.7. The molecule has 80 valence electrons. The lowest BCUT2D eigenvalue weighted by molar-refractivity contribution is -0.138. The van der Waals surface area contributed by atoms with Crippen molar-refractivity contribution in [3.8, 4) is 0 Å². The second-order valence-corrected chi connectivity index (χ2v) is 3.12. The van der Waals surface area contributed by atoms with Gasteiger partial charge in [0.1, 0.15) is 6.04 Å². The normalized spacial score (nSPS) is 16.9. The molecule has 0 aliphatic rings. The summed E-state index contributed by atoms with van der Waals surface area (Å²) in [6.45, 7) is 3.56. The van der Waals surface area contributed by atoms with Crippen molar-refractivity contribution in [3.05, 3.63) is 12.2 Å². The predicted molar refractivity (Wildman–Crippen MR) is 56.1 cm³/mol. The largest absolute Gasteiger partial charge is 0.480 e. The number of aliphatic carboxylic acids is 1. The second kappa shape index (κ2) is 6.15. The molecule has 5 N–H and O–H groups in total. The molecular weight excluding hydrogens is 182 g/mol. The minimum atomic E-state index is -0.999. The fraction of sp³-hybridized carbons (Fsp3) is 0.556. The maximum Gasteiger partial charge on any atom is 0.320 e. The molecule has 0 aromatic carbocycles. The molecule has 5 heteroatoms. The van der Waals surface area contributed by atoms with Crippen LogP contribution in [0.15, 0.2) is 17.1 Å². The summed E-state index contributed by atoms with van der Waals surface area (Å²) < 4.78 is 0. The van der Waals surface area contributed by atoms with E-state index in [-0.39, 0.29) is 6.04 Å². The smallest absolute Gasteiger partial charge is 0.320 e. The van der Waals surface area contributed by atoms with Crippen LogP contribution in [0.25, 0.3) is 0 Å². The molecule has 0 aliphatic heterocycles. The van der Waals surface area contributed by atoms with Crippen LogP contribution >= 0.6 is 0 Å². The van der Waals surface area contributed by atoms with Gasteiger partial charge in [0.25, 0.3) is 0 Å². The van der Waals surface area contributed by atoms with Crippen molar-refractivity contribution in [1.82, 2.24) is 0 Å². The fourth-order valence-electron chi connectivity index (χ4n) is 0.887. The quantitative estimate of drug-likeness (QED) is 0.332. The molecule has 1 unspecified atom stereocenters. The zero-order valence-corrected chi connectivity index (χ0v) is 8.47. The van der Waals surface area contributed by atoms with Crippen molar-refractivity contribution >= 4 is 11.8 Å². The van der Waals surface area contributed by atoms with Gasteiger partial charge in [-0.15, -0.1) is 0 Å². The zero-order chi connectivity index (χ0) is 11.1. The van der Waals surface area contributed by atoms with Crippen LogP contribution in [0.3, 0.4) is 0 Å². The molecule has 0 amide bonds. The SMILES string of the molecule is CC(N)=NC(C)/C=C\C[C@H](N)C(=O)O. The van der Waals surface area contributed by atoms with Crippen molar-refractivity contribution in [3.63, 3.8) is 0 Å². The molecule has 2 atom stereocenters. The van der Waals surface area contributed by atoms with Crippen LogP contribution in [0.2, 0.25) is 0 Å². The third kappa shape index (κ3) is 6.19. The van der Waals surface area contributed by atoms with Gasteiger partial charge in [-0.1, -0.05) is 12.2 Å². The lowest BCUT2D eigenvalue weighted by Gasteiger charge is -2.02. The number of aliphatic imine (C=N–C) groups is 1. The molecule has 0 radical (unpaired) electrons. The van der Waals surface area contributed by atoms with Gasteiger partial charge in [0.15, 0.2) is 0 Å². The minimum Gasteiger partial charge on any atom is -0.480 e. The number of rotatable bonds is 5. The van der Waals surface area contributed by atoms with E-state index in [1.807, 2.05) is 6.92 Å². The Morgan fingerprint density at radius 2 is 2.21 bits per heavy atom. The number of hydrogen-bond donors (Lipinski definition) is 3. The van der Waals surface area contributed by atoms with Crippen molar-refractivity contribution in [2.24, 2.45) is 16.5 Å². The molecule has 0 spiro atoms. The van der Waals surface area contributed by atoms with Gasteiger partial charge in [-0.25, -0.2) is 0 Å². The molecule has 5 nitrogen and oxygen atoms in total. The van der Waals surface area contributed by atoms with Crippen molar-refractivity contribution < 1.29 is 9.90 Å². The first kappa shape index (κ1) is 12.6. The Morgan fingerprint density at radius 3 is 2.64 bits per heavy atom. The Labute approximate surface area is 83.5 Å². The number of carboxylic acid groups (broad SMARTS) is 1. The van der Waals surface area contributed by atoms with E-state index >= 15 is 0 Å². The molecule has 0 bridgehead atoms. The highest BCUT2D eigenvalue weighted by molar-refractivity contribution is 5.77. The van der Waals surface area contributed by atoms with Gasteiger partial charge in [-0.3, -0.25) is 9.79 Å². The first-order valence-corrected chi connectivity index (χ1v) is 4.38. The van der Waals surface area contributed by atoms with Gasteiger partial charge in [0.05, 0.1) is 11.9 Å². The standard InChI is InChI=1S/C9H17N3O2/c1-6(12-7(2)10)4-3-5-8(11)9(13)14/h3-4,6,8H,5,11H2,1-2H3,(H2,10,12)(H,13,14)/b4-3-/t6?,8-/m0/s1. The van der Waals surface area contributed by atoms with E-state index in [2.05, 4.69) is 4.99 Å². The van der Waals surface area contributed by atoms with Crippen LogP contribution in [0.1, 0.15) is 20.3 Å². The predicted octanol–water partition coefficient (Wildman–Crippen LogP) is 0.110. The number of carbonyl (C=O) groups is 1. The van der Waals surface area contributed by atoms with Gasteiger partial charge >= 0.3 is 5.97 Å². The van der Waals surface area contributed by atoms with Crippen molar-refractivity contribution in [1.29, 1.82) is 0 Å². The van der Waals surface area contributed by atoms with Gasteiger partial charge < -0.3 is 16.6 Å². The first-order valence-electron chi connectivity index (χ1n) is 4.38. The van der Waals surface area contributed by atoms with Crippen LogP contribution in [0.4, 0.5) is 0 Å². The number of nitrogens with zero attached hydrogens (tertiary/aromatic N) is 1. The Bertz CT molecular complexity index is 244. The van der Waals surface area contributed by atoms with Crippen LogP contribution in [0, 0.1) is 0 Å². The monoisotopic (exact) mass is 199 g/mol. The Hall–Kier alpha value is -1.36. The van der Waals surface area contributed by atoms with Crippen LogP contribution in [-0.4, -0.2) is 29.0 Å². The second-order valence-electron chi connectivity index (χ2n) is 3.12. The third-order valence-corrected chi connectivity index (χ3v) is 1.53. The maximum atomic E-state index is 10.3. The zero-order valence-electron chi connectivity index (χ0n) is 8.47. The van der Waals surface area contributed by atoms with E-state index in [0.29, 0.717) is 12.3 Å². The number of hydrogen-bond acceptors (Lipinski definition) is 3. The first-order chi connectivity index (χ1) is 6.43. The van der Waals surface area contributed by atoms with Crippen LogP contribution in [-0.2, 0) is 4.79 Å². The maximum absolute atomic E-state index is 10.3. The van der Waals surface area contributed by atoms with Gasteiger partial charge in [0.2, 0.25) is 0 Å². The van der Waals surface area contributed by atoms with Gasteiger partial charge in [-0.2, -0.15) is 0 Å². The molecule has 0 fully saturated rings. The average Bonchev–Trinajstić information content (AvgIpc) is 2.02. The van der Waals surface area contributed by atoms with E-state index in [4.69, 9.17) is 16.6 Å². The number of nitrogens with two attached hydrogens (primary N) is 2. The van der Waals surface area contributed by atoms with E-state index in [9.17, 15) is 4.79 Å². The Balaban J connectivity index is 3.95. The lowest BCUT2D eigenvalue weighted by Crippen LogP contribution is -2.29. The average molecular weight is 199 g/mol. The number of carboxylic acids is 1. The third-order valence-electron chi connectivity index (χ3n) is 1.53. The topological polar surface area (TPSA) is 102 Å². The van der Waals surface area contributed by atoms with Gasteiger partial charge in [0, 0.05) is 0 Å². The summed E-state index contributed by atoms with van der Waals surface area (Å²) in [4.78, 5) is 14.4. The number of amidine groups is 1. The molecule has 0 aromatic heterocycles. The summed E-state index contributed by atoms with van der Waals surface area (Å²) in [6, 6.07) is -0.887. The van der Waals surface area contributed by atoms with Gasteiger partial charge in [-0.05, 0) is 20.3 Å². The van der Waals surface area contributed by atoms with E-state index < -0.39 is 12.0 Å². The molecule has 0 heterocycles. The van der Waals surface area contributed by atoms with E-state index in [0.717, 1.165) is 0 Å². The van der Waals surface area contributed by atoms with Crippen LogP contribution < -0.4 is 11.5 Å². The molecule has 0 saturated heterocycles. The summed E-state index contributed by atoms with van der Waals surface area (Å²) in [5.74, 6) is -0.495. The Kier molecular flexibility index (Phi) is 5.55. The summed E-state index contributed by atoms with van der Waals surface area (Å²) >= 11 is 0.